The lowest BCUT2D eigenvalue weighted by atomic mass is 9.86. The first-order chi connectivity index (χ1) is 11.4. The van der Waals surface area contributed by atoms with Gasteiger partial charge in [-0.3, -0.25) is 4.79 Å². The number of ether oxygens (including phenoxy) is 1. The van der Waals surface area contributed by atoms with Crippen LogP contribution in [-0.4, -0.2) is 18.7 Å². The van der Waals surface area contributed by atoms with Gasteiger partial charge in [-0.05, 0) is 34.7 Å². The Morgan fingerprint density at radius 3 is 2.67 bits per heavy atom. The maximum atomic E-state index is 11.9. The van der Waals surface area contributed by atoms with Crippen molar-refractivity contribution in [3.05, 3.63) is 64.1 Å². The van der Waals surface area contributed by atoms with Crippen LogP contribution in [0.15, 0.2) is 58.1 Å². The minimum absolute atomic E-state index is 0.0497. The number of hydrogen-bond acceptors (Lipinski definition) is 3. The maximum Gasteiger partial charge on any atom is 0.277 e. The molecule has 5 heteroatoms. The number of hydrogen-bond donors (Lipinski definition) is 1. The molecule has 0 fully saturated rings. The number of hydrazone groups is 1. The zero-order valence-corrected chi connectivity index (χ0v) is 15.6. The fourth-order valence-corrected chi connectivity index (χ4v) is 2.57. The van der Waals surface area contributed by atoms with E-state index in [4.69, 9.17) is 4.74 Å². The number of amides is 1. The molecule has 1 amide bonds. The van der Waals surface area contributed by atoms with E-state index in [-0.39, 0.29) is 17.9 Å². The Morgan fingerprint density at radius 1 is 1.21 bits per heavy atom. The fraction of sp³-hybridized carbons (Fsp3) is 0.263. The molecule has 2 rings (SSSR count). The zero-order chi connectivity index (χ0) is 17.6. The lowest BCUT2D eigenvalue weighted by molar-refractivity contribution is -0.123. The molecule has 0 aliphatic rings. The van der Waals surface area contributed by atoms with Crippen molar-refractivity contribution in [2.45, 2.75) is 26.2 Å². The highest BCUT2D eigenvalue weighted by atomic mass is 79.9. The number of halogens is 1. The molecule has 0 aliphatic carbocycles. The molecule has 0 bridgehead atoms. The molecule has 0 saturated carbocycles. The Bertz CT molecular complexity index is 736. The number of para-hydroxylation sites is 1. The zero-order valence-electron chi connectivity index (χ0n) is 14.0. The smallest absolute Gasteiger partial charge is 0.277 e. The van der Waals surface area contributed by atoms with Crippen molar-refractivity contribution in [3.63, 3.8) is 0 Å². The quantitative estimate of drug-likeness (QED) is 0.613. The van der Waals surface area contributed by atoms with Gasteiger partial charge in [0.1, 0.15) is 5.75 Å². The average Bonchev–Trinajstić information content (AvgIpc) is 2.52. The molecule has 126 valence electrons. The van der Waals surface area contributed by atoms with E-state index in [2.05, 4.69) is 47.2 Å². The third-order valence-electron chi connectivity index (χ3n) is 3.31. The standard InChI is InChI=1S/C19H21BrN2O2/c1-19(2,3)16-9-4-5-10-17(16)24-13-18(23)22-21-12-14-7-6-8-15(20)11-14/h4-12H,13H2,1-3H3,(H,22,23)/b21-12+. The summed E-state index contributed by atoms with van der Waals surface area (Å²) in [5.41, 5.74) is 4.38. The Morgan fingerprint density at radius 2 is 1.96 bits per heavy atom. The van der Waals surface area contributed by atoms with E-state index in [1.807, 2.05) is 48.5 Å². The number of carbonyl (C=O) groups excluding carboxylic acids is 1. The number of nitrogens with one attached hydrogen (secondary N) is 1. The number of rotatable bonds is 5. The largest absolute Gasteiger partial charge is 0.483 e. The van der Waals surface area contributed by atoms with Crippen molar-refractivity contribution in [3.8, 4) is 5.75 Å². The van der Waals surface area contributed by atoms with E-state index >= 15 is 0 Å². The van der Waals surface area contributed by atoms with Gasteiger partial charge in [-0.15, -0.1) is 0 Å². The molecule has 0 atom stereocenters. The summed E-state index contributed by atoms with van der Waals surface area (Å²) in [6, 6.07) is 15.4. The summed E-state index contributed by atoms with van der Waals surface area (Å²) in [5, 5.41) is 3.94. The Labute approximate surface area is 151 Å². The fourth-order valence-electron chi connectivity index (χ4n) is 2.15. The van der Waals surface area contributed by atoms with Gasteiger partial charge in [-0.1, -0.05) is 67.0 Å². The highest BCUT2D eigenvalue weighted by Crippen LogP contribution is 2.30. The second kappa shape index (κ2) is 8.11. The monoisotopic (exact) mass is 388 g/mol. The minimum Gasteiger partial charge on any atom is -0.483 e. The van der Waals surface area contributed by atoms with Gasteiger partial charge in [0.05, 0.1) is 6.21 Å². The normalized spacial score (nSPS) is 11.5. The highest BCUT2D eigenvalue weighted by molar-refractivity contribution is 9.10. The predicted octanol–water partition coefficient (Wildman–Crippen LogP) is 4.28. The molecular weight excluding hydrogens is 368 g/mol. The van der Waals surface area contributed by atoms with Crippen LogP contribution in [0.25, 0.3) is 0 Å². The van der Waals surface area contributed by atoms with Crippen molar-refractivity contribution >= 4 is 28.1 Å². The minimum atomic E-state index is -0.301. The Hall–Kier alpha value is -2.14. The third kappa shape index (κ3) is 5.49. The summed E-state index contributed by atoms with van der Waals surface area (Å²) in [6.07, 6.45) is 1.59. The first-order valence-electron chi connectivity index (χ1n) is 7.66. The molecule has 0 aliphatic heterocycles. The van der Waals surface area contributed by atoms with Crippen LogP contribution in [0.1, 0.15) is 31.9 Å². The van der Waals surface area contributed by atoms with Gasteiger partial charge >= 0.3 is 0 Å². The van der Waals surface area contributed by atoms with Crippen LogP contribution in [0.2, 0.25) is 0 Å². The topological polar surface area (TPSA) is 50.7 Å². The molecule has 0 spiro atoms. The second-order valence-electron chi connectivity index (χ2n) is 6.38. The number of benzene rings is 2. The molecule has 0 radical (unpaired) electrons. The number of carbonyl (C=O) groups is 1. The summed E-state index contributed by atoms with van der Waals surface area (Å²) < 4.78 is 6.61. The van der Waals surface area contributed by atoms with E-state index in [1.54, 1.807) is 6.21 Å². The van der Waals surface area contributed by atoms with Crippen molar-refractivity contribution in [2.75, 3.05) is 6.61 Å². The predicted molar refractivity (Wildman–Crippen MR) is 101 cm³/mol. The summed E-state index contributed by atoms with van der Waals surface area (Å²) in [7, 11) is 0. The van der Waals surface area contributed by atoms with Crippen molar-refractivity contribution < 1.29 is 9.53 Å². The maximum absolute atomic E-state index is 11.9. The van der Waals surface area contributed by atoms with Gasteiger partial charge in [0.25, 0.3) is 5.91 Å². The lowest BCUT2D eigenvalue weighted by Gasteiger charge is -2.22. The highest BCUT2D eigenvalue weighted by Gasteiger charge is 2.18. The van der Waals surface area contributed by atoms with E-state index in [9.17, 15) is 4.79 Å². The molecule has 0 unspecified atom stereocenters. The summed E-state index contributed by atoms with van der Waals surface area (Å²) >= 11 is 3.39. The molecule has 4 nitrogen and oxygen atoms in total. The first-order valence-corrected chi connectivity index (χ1v) is 8.45. The van der Waals surface area contributed by atoms with E-state index < -0.39 is 0 Å². The lowest BCUT2D eigenvalue weighted by Crippen LogP contribution is -2.25. The summed E-state index contributed by atoms with van der Waals surface area (Å²) in [6.45, 7) is 6.25. The Kier molecular flexibility index (Phi) is 6.15. The van der Waals surface area contributed by atoms with Crippen LogP contribution in [0.5, 0.6) is 5.75 Å². The van der Waals surface area contributed by atoms with Crippen molar-refractivity contribution in [1.82, 2.24) is 5.43 Å². The molecule has 2 aromatic rings. The third-order valence-corrected chi connectivity index (χ3v) is 3.80. The molecule has 0 saturated heterocycles. The van der Waals surface area contributed by atoms with Gasteiger partial charge < -0.3 is 4.74 Å². The Balaban J connectivity index is 1.90. The van der Waals surface area contributed by atoms with Gasteiger partial charge in [0.2, 0.25) is 0 Å². The molecule has 24 heavy (non-hydrogen) atoms. The van der Waals surface area contributed by atoms with Gasteiger partial charge in [-0.2, -0.15) is 5.10 Å². The second-order valence-corrected chi connectivity index (χ2v) is 7.30. The van der Waals surface area contributed by atoms with E-state index in [1.165, 1.54) is 0 Å². The van der Waals surface area contributed by atoms with E-state index in [0.717, 1.165) is 21.3 Å². The SMILES string of the molecule is CC(C)(C)c1ccccc1OCC(=O)N/N=C/c1cccc(Br)c1. The van der Waals surface area contributed by atoms with Crippen molar-refractivity contribution in [2.24, 2.45) is 5.10 Å². The molecule has 1 N–H and O–H groups in total. The van der Waals surface area contributed by atoms with Crippen LogP contribution in [-0.2, 0) is 10.2 Å². The number of nitrogens with zero attached hydrogens (tertiary/aromatic N) is 1. The van der Waals surface area contributed by atoms with Crippen LogP contribution in [0, 0.1) is 0 Å². The summed E-state index contributed by atoms with van der Waals surface area (Å²) in [5.74, 6) is 0.418. The van der Waals surface area contributed by atoms with E-state index in [0.29, 0.717) is 0 Å². The summed E-state index contributed by atoms with van der Waals surface area (Å²) in [4.78, 5) is 11.9. The average molecular weight is 389 g/mol. The first kappa shape index (κ1) is 18.2. The molecule has 0 heterocycles. The van der Waals surface area contributed by atoms with Crippen LogP contribution < -0.4 is 10.2 Å². The van der Waals surface area contributed by atoms with Gasteiger partial charge in [-0.25, -0.2) is 5.43 Å². The van der Waals surface area contributed by atoms with Crippen LogP contribution in [0.4, 0.5) is 0 Å². The molecule has 0 aromatic heterocycles. The van der Waals surface area contributed by atoms with Gasteiger partial charge in [0.15, 0.2) is 6.61 Å². The van der Waals surface area contributed by atoms with Gasteiger partial charge in [0, 0.05) is 4.47 Å². The van der Waals surface area contributed by atoms with Crippen molar-refractivity contribution in [1.29, 1.82) is 0 Å². The van der Waals surface area contributed by atoms with Crippen LogP contribution >= 0.6 is 15.9 Å². The molecular formula is C19H21BrN2O2. The van der Waals surface area contributed by atoms with Crippen LogP contribution in [0.3, 0.4) is 0 Å². The molecule has 2 aromatic carbocycles.